The van der Waals surface area contributed by atoms with Crippen LogP contribution in [0.25, 0.3) is 0 Å². The maximum absolute atomic E-state index is 5.18. The van der Waals surface area contributed by atoms with E-state index in [0.29, 0.717) is 6.04 Å². The molecule has 2 N–H and O–H groups in total. The number of thiocarbonyl (C=S) groups is 1. The zero-order chi connectivity index (χ0) is 11.6. The molecule has 0 radical (unpaired) electrons. The Balaban J connectivity index is 2.30. The van der Waals surface area contributed by atoms with Gasteiger partial charge in [-0.1, -0.05) is 51.4 Å². The molecule has 16 heavy (non-hydrogen) atoms. The lowest BCUT2D eigenvalue weighted by Gasteiger charge is -2.19. The fourth-order valence-corrected chi connectivity index (χ4v) is 2.56. The van der Waals surface area contributed by atoms with E-state index in [2.05, 4.69) is 10.6 Å². The minimum absolute atomic E-state index is 0.595. The van der Waals surface area contributed by atoms with Gasteiger partial charge in [0, 0.05) is 13.1 Å². The molecule has 1 aliphatic carbocycles. The highest BCUT2D eigenvalue weighted by atomic mass is 32.1. The van der Waals surface area contributed by atoms with Gasteiger partial charge in [0.05, 0.1) is 0 Å². The minimum Gasteiger partial charge on any atom is -0.366 e. The molecule has 0 amide bonds. The summed E-state index contributed by atoms with van der Waals surface area (Å²) in [6.45, 7) is 0. The van der Waals surface area contributed by atoms with Crippen LogP contribution >= 0.6 is 12.2 Å². The van der Waals surface area contributed by atoms with Gasteiger partial charge in [0.2, 0.25) is 0 Å². The topological polar surface area (TPSA) is 24.1 Å². The Labute approximate surface area is 106 Å². The van der Waals surface area contributed by atoms with Crippen LogP contribution in [0.15, 0.2) is 0 Å². The summed E-state index contributed by atoms with van der Waals surface area (Å²) in [7, 11) is 1.89. The third-order valence-electron chi connectivity index (χ3n) is 3.42. The molecule has 0 heterocycles. The molecule has 0 spiro atoms. The lowest BCUT2D eigenvalue weighted by atomic mass is 10.0. The molecule has 0 bridgehead atoms. The molecular weight excluding hydrogens is 216 g/mol. The fraction of sp³-hybridized carbons (Fsp3) is 0.923. The lowest BCUT2D eigenvalue weighted by molar-refractivity contribution is 0.473. The largest absolute Gasteiger partial charge is 0.366 e. The molecule has 2 nitrogen and oxygen atoms in total. The van der Waals surface area contributed by atoms with E-state index in [0.717, 1.165) is 5.11 Å². The summed E-state index contributed by atoms with van der Waals surface area (Å²) in [5.74, 6) is 0. The van der Waals surface area contributed by atoms with Gasteiger partial charge in [-0.05, 0) is 25.1 Å². The molecule has 0 aromatic carbocycles. The molecule has 1 saturated carbocycles. The van der Waals surface area contributed by atoms with Crippen molar-refractivity contribution in [2.75, 3.05) is 7.05 Å². The molecule has 0 aromatic rings. The predicted octanol–water partition coefficient (Wildman–Crippen LogP) is 3.36. The molecule has 1 aliphatic rings. The second kappa shape index (κ2) is 8.80. The van der Waals surface area contributed by atoms with Crippen molar-refractivity contribution in [1.29, 1.82) is 0 Å². The van der Waals surface area contributed by atoms with Crippen molar-refractivity contribution in [3.63, 3.8) is 0 Å². The van der Waals surface area contributed by atoms with Gasteiger partial charge in [0.1, 0.15) is 0 Å². The van der Waals surface area contributed by atoms with Crippen LogP contribution in [-0.2, 0) is 0 Å². The fourth-order valence-electron chi connectivity index (χ4n) is 2.39. The maximum atomic E-state index is 5.18. The number of rotatable bonds is 1. The zero-order valence-corrected chi connectivity index (χ0v) is 11.4. The lowest BCUT2D eigenvalue weighted by Crippen LogP contribution is -2.40. The maximum Gasteiger partial charge on any atom is 0.166 e. The Kier molecular flexibility index (Phi) is 7.56. The van der Waals surface area contributed by atoms with Gasteiger partial charge in [-0.25, -0.2) is 0 Å². The third kappa shape index (κ3) is 6.31. The van der Waals surface area contributed by atoms with Crippen molar-refractivity contribution >= 4 is 17.3 Å². The SMILES string of the molecule is CNC(=S)NC1CCCCCCCCCC1. The summed E-state index contributed by atoms with van der Waals surface area (Å²) < 4.78 is 0. The quantitative estimate of drug-likeness (QED) is 0.690. The summed E-state index contributed by atoms with van der Waals surface area (Å²) in [4.78, 5) is 0. The number of nitrogens with one attached hydrogen (secondary N) is 2. The highest BCUT2D eigenvalue weighted by molar-refractivity contribution is 7.80. The van der Waals surface area contributed by atoms with Crippen LogP contribution in [0.5, 0.6) is 0 Å². The molecule has 1 fully saturated rings. The Morgan fingerprint density at radius 3 is 1.75 bits per heavy atom. The van der Waals surface area contributed by atoms with Crippen molar-refractivity contribution in [3.05, 3.63) is 0 Å². The second-order valence-corrected chi connectivity index (χ2v) is 5.23. The number of hydrogen-bond acceptors (Lipinski definition) is 1. The van der Waals surface area contributed by atoms with E-state index >= 15 is 0 Å². The molecule has 0 atom stereocenters. The van der Waals surface area contributed by atoms with Crippen LogP contribution in [-0.4, -0.2) is 18.2 Å². The first-order valence-corrected chi connectivity index (χ1v) is 7.22. The first-order valence-electron chi connectivity index (χ1n) is 6.81. The van der Waals surface area contributed by atoms with Gasteiger partial charge < -0.3 is 10.6 Å². The van der Waals surface area contributed by atoms with Crippen molar-refractivity contribution in [1.82, 2.24) is 10.6 Å². The summed E-state index contributed by atoms with van der Waals surface area (Å²) in [6, 6.07) is 0.595. The van der Waals surface area contributed by atoms with E-state index in [1.165, 1.54) is 64.2 Å². The van der Waals surface area contributed by atoms with Crippen LogP contribution in [0, 0.1) is 0 Å². The molecule has 0 saturated heterocycles. The van der Waals surface area contributed by atoms with E-state index in [9.17, 15) is 0 Å². The first-order chi connectivity index (χ1) is 7.83. The molecular formula is C13H26N2S. The van der Waals surface area contributed by atoms with Crippen LogP contribution in [0.3, 0.4) is 0 Å². The van der Waals surface area contributed by atoms with Crippen LogP contribution < -0.4 is 10.6 Å². The van der Waals surface area contributed by atoms with Crippen molar-refractivity contribution in [2.24, 2.45) is 0 Å². The third-order valence-corrected chi connectivity index (χ3v) is 3.74. The Morgan fingerprint density at radius 2 is 1.31 bits per heavy atom. The van der Waals surface area contributed by atoms with Gasteiger partial charge in [-0.3, -0.25) is 0 Å². The smallest absolute Gasteiger partial charge is 0.166 e. The first kappa shape index (κ1) is 13.8. The monoisotopic (exact) mass is 242 g/mol. The van der Waals surface area contributed by atoms with Gasteiger partial charge in [0.25, 0.3) is 0 Å². The number of hydrogen-bond donors (Lipinski definition) is 2. The summed E-state index contributed by atoms with van der Waals surface area (Å²) in [5, 5.41) is 7.24. The van der Waals surface area contributed by atoms with Crippen LogP contribution in [0.4, 0.5) is 0 Å². The van der Waals surface area contributed by atoms with Crippen molar-refractivity contribution < 1.29 is 0 Å². The molecule has 0 aliphatic heterocycles. The van der Waals surface area contributed by atoms with Gasteiger partial charge in [-0.2, -0.15) is 0 Å². The molecule has 94 valence electrons. The Hall–Kier alpha value is -0.310. The average molecular weight is 242 g/mol. The van der Waals surface area contributed by atoms with Gasteiger partial charge in [-0.15, -0.1) is 0 Å². The summed E-state index contributed by atoms with van der Waals surface area (Å²) in [5.41, 5.74) is 0. The van der Waals surface area contributed by atoms with E-state index in [4.69, 9.17) is 12.2 Å². The van der Waals surface area contributed by atoms with Crippen LogP contribution in [0.1, 0.15) is 64.2 Å². The van der Waals surface area contributed by atoms with E-state index < -0.39 is 0 Å². The minimum atomic E-state index is 0.595. The van der Waals surface area contributed by atoms with E-state index in [-0.39, 0.29) is 0 Å². The predicted molar refractivity (Wildman–Crippen MR) is 74.8 cm³/mol. The van der Waals surface area contributed by atoms with E-state index in [1.807, 2.05) is 7.05 Å². The molecule has 0 aromatic heterocycles. The average Bonchev–Trinajstić information content (AvgIpc) is 2.35. The Morgan fingerprint density at radius 1 is 0.875 bits per heavy atom. The normalized spacial score (nSPS) is 20.8. The molecule has 1 rings (SSSR count). The summed E-state index contributed by atoms with van der Waals surface area (Å²) in [6.07, 6.45) is 13.8. The molecule has 0 unspecified atom stereocenters. The van der Waals surface area contributed by atoms with Crippen molar-refractivity contribution in [3.8, 4) is 0 Å². The Bertz CT molecular complexity index is 182. The highest BCUT2D eigenvalue weighted by Crippen LogP contribution is 2.16. The molecule has 3 heteroatoms. The second-order valence-electron chi connectivity index (χ2n) is 4.83. The summed E-state index contributed by atoms with van der Waals surface area (Å²) >= 11 is 5.18. The highest BCUT2D eigenvalue weighted by Gasteiger charge is 2.09. The van der Waals surface area contributed by atoms with Crippen molar-refractivity contribution in [2.45, 2.75) is 70.3 Å². The van der Waals surface area contributed by atoms with E-state index in [1.54, 1.807) is 0 Å². The van der Waals surface area contributed by atoms with Crippen LogP contribution in [0.2, 0.25) is 0 Å². The zero-order valence-electron chi connectivity index (χ0n) is 10.6. The van der Waals surface area contributed by atoms with Gasteiger partial charge in [0.15, 0.2) is 5.11 Å². The van der Waals surface area contributed by atoms with Gasteiger partial charge >= 0.3 is 0 Å². The standard InChI is InChI=1S/C13H26N2S/c1-14-13(16)15-12-10-8-6-4-2-3-5-7-9-11-12/h12H,2-11H2,1H3,(H2,14,15,16).